The molecule has 4 heteroatoms. The first-order valence-electron chi connectivity index (χ1n) is 5.31. The van der Waals surface area contributed by atoms with Gasteiger partial charge in [0.15, 0.2) is 0 Å². The lowest BCUT2D eigenvalue weighted by molar-refractivity contribution is -0.127. The van der Waals surface area contributed by atoms with Crippen molar-refractivity contribution in [1.29, 1.82) is 0 Å². The fourth-order valence-electron chi connectivity index (χ4n) is 1.55. The largest absolute Gasteiger partial charge is 0.342 e. The van der Waals surface area contributed by atoms with Crippen LogP contribution in [0.4, 0.5) is 0 Å². The quantitative estimate of drug-likeness (QED) is 0.726. The summed E-state index contributed by atoms with van der Waals surface area (Å²) in [6.45, 7) is 2.28. The van der Waals surface area contributed by atoms with Gasteiger partial charge in [-0.1, -0.05) is 0 Å². The number of carbonyl (C=O) groups is 1. The van der Waals surface area contributed by atoms with Gasteiger partial charge < -0.3 is 10.2 Å². The summed E-state index contributed by atoms with van der Waals surface area (Å²) in [7, 11) is 1.94. The van der Waals surface area contributed by atoms with Crippen molar-refractivity contribution >= 4 is 17.7 Å². The minimum Gasteiger partial charge on any atom is -0.342 e. The molecule has 14 heavy (non-hydrogen) atoms. The summed E-state index contributed by atoms with van der Waals surface area (Å²) >= 11 is 1.79. The monoisotopic (exact) mass is 214 g/mol. The van der Waals surface area contributed by atoms with E-state index in [0.29, 0.717) is 17.7 Å². The van der Waals surface area contributed by atoms with Crippen molar-refractivity contribution in [3.05, 3.63) is 0 Å². The topological polar surface area (TPSA) is 32.3 Å². The number of hydrogen-bond donors (Lipinski definition) is 1. The van der Waals surface area contributed by atoms with E-state index in [4.69, 9.17) is 0 Å². The summed E-state index contributed by atoms with van der Waals surface area (Å²) in [5.41, 5.74) is 0. The summed E-state index contributed by atoms with van der Waals surface area (Å²) in [5.74, 6) is 2.92. The Balaban J connectivity index is 1.56. The van der Waals surface area contributed by atoms with Crippen LogP contribution in [0.15, 0.2) is 0 Å². The van der Waals surface area contributed by atoms with Gasteiger partial charge in [-0.05, 0) is 37.6 Å². The third-order valence-electron chi connectivity index (χ3n) is 2.93. The summed E-state index contributed by atoms with van der Waals surface area (Å²) in [4.78, 5) is 13.5. The summed E-state index contributed by atoms with van der Waals surface area (Å²) in [6, 6.07) is 0.563. The molecule has 0 radical (unpaired) electrons. The van der Waals surface area contributed by atoms with E-state index in [1.165, 1.54) is 12.8 Å². The molecule has 0 unspecified atom stereocenters. The highest BCUT2D eigenvalue weighted by Crippen LogP contribution is 2.26. The zero-order valence-electron chi connectivity index (χ0n) is 8.66. The molecule has 0 spiro atoms. The lowest BCUT2D eigenvalue weighted by atomic mass is 10.1. The molecule has 0 aromatic rings. The zero-order valence-corrected chi connectivity index (χ0v) is 9.48. The maximum Gasteiger partial charge on any atom is 0.232 e. The van der Waals surface area contributed by atoms with Gasteiger partial charge in [0.2, 0.25) is 5.91 Å². The first-order valence-corrected chi connectivity index (χ1v) is 6.47. The lowest BCUT2D eigenvalue weighted by Crippen LogP contribution is -2.43. The highest BCUT2D eigenvalue weighted by molar-refractivity contribution is 7.99. The van der Waals surface area contributed by atoms with Crippen LogP contribution in [0.3, 0.4) is 0 Å². The first-order chi connectivity index (χ1) is 6.77. The Morgan fingerprint density at radius 3 is 2.71 bits per heavy atom. The zero-order chi connectivity index (χ0) is 9.97. The molecule has 0 aromatic carbocycles. The molecule has 2 fully saturated rings. The smallest absolute Gasteiger partial charge is 0.232 e. The van der Waals surface area contributed by atoms with Gasteiger partial charge in [-0.3, -0.25) is 4.79 Å². The third kappa shape index (κ3) is 2.64. The highest BCUT2D eigenvalue weighted by Gasteiger charge is 2.29. The van der Waals surface area contributed by atoms with Crippen molar-refractivity contribution < 1.29 is 4.79 Å². The molecule has 1 saturated carbocycles. The second-order valence-corrected chi connectivity index (χ2v) is 5.31. The summed E-state index contributed by atoms with van der Waals surface area (Å²) < 4.78 is 0. The lowest BCUT2D eigenvalue weighted by Gasteiger charge is -2.26. The Morgan fingerprint density at radius 2 is 2.21 bits per heavy atom. The molecule has 1 aliphatic carbocycles. The molecular formula is C10H18N2OS. The molecule has 1 N–H and O–H groups in total. The molecule has 0 aromatic heterocycles. The van der Waals surface area contributed by atoms with Crippen LogP contribution in [0.1, 0.15) is 12.8 Å². The van der Waals surface area contributed by atoms with Crippen molar-refractivity contribution in [1.82, 2.24) is 10.2 Å². The van der Waals surface area contributed by atoms with Gasteiger partial charge in [0.05, 0.1) is 5.75 Å². The average molecular weight is 214 g/mol. The van der Waals surface area contributed by atoms with Gasteiger partial charge >= 0.3 is 0 Å². The van der Waals surface area contributed by atoms with E-state index in [-0.39, 0.29) is 0 Å². The predicted molar refractivity (Wildman–Crippen MR) is 59.5 cm³/mol. The van der Waals surface area contributed by atoms with E-state index < -0.39 is 0 Å². The van der Waals surface area contributed by atoms with Crippen molar-refractivity contribution in [2.24, 2.45) is 5.92 Å². The van der Waals surface area contributed by atoms with E-state index in [2.05, 4.69) is 5.32 Å². The van der Waals surface area contributed by atoms with Crippen molar-refractivity contribution in [2.75, 3.05) is 31.6 Å². The van der Waals surface area contributed by atoms with E-state index in [0.717, 1.165) is 24.8 Å². The second-order valence-electron chi connectivity index (χ2n) is 4.28. The predicted octanol–water partition coefficient (Wildman–Crippen LogP) is 0.560. The summed E-state index contributed by atoms with van der Waals surface area (Å²) in [5, 5.41) is 3.24. The maximum atomic E-state index is 11.6. The fourth-order valence-corrected chi connectivity index (χ4v) is 2.61. The number of nitrogens with zero attached hydrogens (tertiary/aromatic N) is 1. The van der Waals surface area contributed by atoms with Crippen LogP contribution in [0.25, 0.3) is 0 Å². The van der Waals surface area contributed by atoms with Gasteiger partial charge in [-0.15, -0.1) is 0 Å². The van der Waals surface area contributed by atoms with E-state index in [1.54, 1.807) is 11.8 Å². The Morgan fingerprint density at radius 1 is 1.50 bits per heavy atom. The average Bonchev–Trinajstić information content (AvgIpc) is 2.90. The van der Waals surface area contributed by atoms with Crippen LogP contribution in [-0.2, 0) is 4.79 Å². The normalized spacial score (nSPS) is 21.8. The number of nitrogens with one attached hydrogen (secondary N) is 1. The van der Waals surface area contributed by atoms with E-state index >= 15 is 0 Å². The number of hydrogen-bond acceptors (Lipinski definition) is 3. The molecule has 0 bridgehead atoms. The third-order valence-corrected chi connectivity index (χ3v) is 4.09. The van der Waals surface area contributed by atoms with Gasteiger partial charge in [0.1, 0.15) is 0 Å². The Hall–Kier alpha value is -0.220. The molecule has 1 aliphatic heterocycles. The molecule has 2 rings (SSSR count). The van der Waals surface area contributed by atoms with Crippen LogP contribution in [0, 0.1) is 5.92 Å². The fraction of sp³-hybridized carbons (Fsp3) is 0.900. The van der Waals surface area contributed by atoms with E-state index in [1.807, 2.05) is 11.9 Å². The maximum absolute atomic E-state index is 11.6. The minimum atomic E-state index is 0.310. The van der Waals surface area contributed by atoms with Crippen LogP contribution in [0.5, 0.6) is 0 Å². The van der Waals surface area contributed by atoms with Gasteiger partial charge in [0.25, 0.3) is 0 Å². The molecule has 3 nitrogen and oxygen atoms in total. The standard InChI is InChI=1S/C10H18N2OS/c1-12(9-2-3-9)10(13)7-14-6-8-4-11-5-8/h8-9,11H,2-7H2,1H3. The van der Waals surface area contributed by atoms with E-state index in [9.17, 15) is 4.79 Å². The molecular weight excluding hydrogens is 196 g/mol. The van der Waals surface area contributed by atoms with Crippen LogP contribution < -0.4 is 5.32 Å². The molecule has 80 valence electrons. The van der Waals surface area contributed by atoms with Crippen molar-refractivity contribution in [3.63, 3.8) is 0 Å². The number of carbonyl (C=O) groups excluding carboxylic acids is 1. The Labute approximate surface area is 89.6 Å². The van der Waals surface area contributed by atoms with Crippen molar-refractivity contribution in [2.45, 2.75) is 18.9 Å². The van der Waals surface area contributed by atoms with Crippen LogP contribution in [0.2, 0.25) is 0 Å². The van der Waals surface area contributed by atoms with Gasteiger partial charge in [-0.25, -0.2) is 0 Å². The Kier molecular flexibility index (Phi) is 3.34. The molecule has 0 atom stereocenters. The molecule has 1 saturated heterocycles. The number of thioether (sulfide) groups is 1. The van der Waals surface area contributed by atoms with Crippen molar-refractivity contribution in [3.8, 4) is 0 Å². The molecule has 1 amide bonds. The van der Waals surface area contributed by atoms with Gasteiger partial charge in [0, 0.05) is 13.1 Å². The Bertz CT molecular complexity index is 214. The molecule has 2 aliphatic rings. The van der Waals surface area contributed by atoms with Gasteiger partial charge in [-0.2, -0.15) is 11.8 Å². The highest BCUT2D eigenvalue weighted by atomic mass is 32.2. The van der Waals surface area contributed by atoms with Crippen LogP contribution >= 0.6 is 11.8 Å². The second kappa shape index (κ2) is 4.53. The summed E-state index contributed by atoms with van der Waals surface area (Å²) in [6.07, 6.45) is 2.42. The SMILES string of the molecule is CN(C(=O)CSCC1CNC1)C1CC1. The first kappa shape index (κ1) is 10.3. The number of amides is 1. The van der Waals surface area contributed by atoms with Crippen LogP contribution in [-0.4, -0.2) is 48.5 Å². The molecule has 1 heterocycles. The number of rotatable bonds is 5. The minimum absolute atomic E-state index is 0.310.